The normalized spacial score (nSPS) is 13.8. The molecule has 2 aromatic heterocycles. The average molecular weight is 867 g/mol. The molecule has 19 heteroatoms. The van der Waals surface area contributed by atoms with Crippen molar-refractivity contribution in [1.29, 1.82) is 0 Å². The van der Waals surface area contributed by atoms with Crippen molar-refractivity contribution in [1.82, 2.24) is 29.4 Å². The van der Waals surface area contributed by atoms with Crippen molar-refractivity contribution in [2.75, 3.05) is 18.0 Å². The number of nitrogens with two attached hydrogens (primary N) is 2. The molecule has 0 bridgehead atoms. The Labute approximate surface area is 343 Å². The molecule has 1 unspecified atom stereocenters. The van der Waals surface area contributed by atoms with Crippen molar-refractivity contribution in [2.45, 2.75) is 55.1 Å². The molecule has 0 radical (unpaired) electrons. The molecule has 1 saturated carbocycles. The summed E-state index contributed by atoms with van der Waals surface area (Å²) in [5.74, 6) is -0.420. The van der Waals surface area contributed by atoms with E-state index in [-0.39, 0.29) is 44.5 Å². The number of aromatic nitrogens is 4. The third-order valence-electron chi connectivity index (χ3n) is 9.67. The van der Waals surface area contributed by atoms with Crippen molar-refractivity contribution < 1.29 is 38.8 Å². The van der Waals surface area contributed by atoms with Gasteiger partial charge in [0.2, 0.25) is 20.0 Å². The second-order valence-corrected chi connectivity index (χ2v) is 17.5. The Bertz CT molecular complexity index is 2720. The van der Waals surface area contributed by atoms with Crippen molar-refractivity contribution >= 4 is 31.7 Å². The lowest BCUT2D eigenvalue weighted by Crippen LogP contribution is -2.43. The number of rotatable bonds is 11. The fourth-order valence-electron chi connectivity index (χ4n) is 6.14. The summed E-state index contributed by atoms with van der Waals surface area (Å²) in [6.07, 6.45) is 3.80. The Morgan fingerprint density at radius 2 is 1.22 bits per heavy atom. The van der Waals surface area contributed by atoms with Crippen LogP contribution >= 0.6 is 0 Å². The van der Waals surface area contributed by atoms with E-state index in [1.54, 1.807) is 35.1 Å². The molecule has 1 fully saturated rings. The summed E-state index contributed by atoms with van der Waals surface area (Å²) >= 11 is 0. The van der Waals surface area contributed by atoms with Gasteiger partial charge in [0.1, 0.15) is 29.3 Å². The fraction of sp³-hybridized carbons (Fsp3) is 0.220. The molecular formula is C41H39F5N8O4S2. The number of nitrogen functional groups attached to an aromatic ring is 2. The number of halogens is 5. The topological polar surface area (TPSA) is 196 Å². The van der Waals surface area contributed by atoms with E-state index in [2.05, 4.69) is 24.7 Å². The van der Waals surface area contributed by atoms with Crippen LogP contribution in [0.5, 0.6) is 0 Å². The highest BCUT2D eigenvalue weighted by Gasteiger charge is 2.39. The van der Waals surface area contributed by atoms with E-state index in [0.717, 1.165) is 37.0 Å². The quantitative estimate of drug-likeness (QED) is 0.0938. The molecule has 6 aromatic rings. The number of benzene rings is 4. The van der Waals surface area contributed by atoms with Crippen LogP contribution in [0.4, 0.5) is 33.6 Å². The summed E-state index contributed by atoms with van der Waals surface area (Å²) in [5, 5.41) is 0. The second-order valence-electron chi connectivity index (χ2n) is 14.1. The van der Waals surface area contributed by atoms with Crippen molar-refractivity contribution in [3.63, 3.8) is 0 Å². The molecule has 6 N–H and O–H groups in total. The maximum absolute atomic E-state index is 14.9. The number of hydrogen-bond donors (Lipinski definition) is 4. The molecule has 314 valence electrons. The average Bonchev–Trinajstić information content (AvgIpc) is 3.17. The van der Waals surface area contributed by atoms with E-state index in [1.807, 2.05) is 6.92 Å². The van der Waals surface area contributed by atoms with Crippen molar-refractivity contribution in [3.8, 4) is 44.8 Å². The number of alkyl halides is 3. The molecule has 7 rings (SSSR count). The minimum absolute atomic E-state index is 0.0493. The number of hydrogen-bond acceptors (Lipinski definition) is 10. The molecule has 0 aliphatic heterocycles. The highest BCUT2D eigenvalue weighted by molar-refractivity contribution is 7.90. The summed E-state index contributed by atoms with van der Waals surface area (Å²) in [7, 11) is -8.25. The SMILES string of the molecule is CC(NS(=O)(=O)c1ccccc1-c1ccc(-c2cnc(N)cn2)c(F)c1)C(F)(F)F.Cc1ccc(S(=O)(=O)NCC2CCC2)c(-c2ccc(-c3cnc(N)cn3)c(F)c2)c1. The lowest BCUT2D eigenvalue weighted by molar-refractivity contribution is -0.147. The number of nitrogens with zero attached hydrogens (tertiary/aromatic N) is 4. The zero-order valence-electron chi connectivity index (χ0n) is 32.1. The van der Waals surface area contributed by atoms with Crippen LogP contribution in [0.25, 0.3) is 44.8 Å². The highest BCUT2D eigenvalue weighted by atomic mass is 32.2. The predicted molar refractivity (Wildman–Crippen MR) is 218 cm³/mol. The zero-order valence-corrected chi connectivity index (χ0v) is 33.7. The summed E-state index contributed by atoms with van der Waals surface area (Å²) in [6.45, 7) is 3.00. The van der Waals surface area contributed by atoms with Gasteiger partial charge in [0.15, 0.2) is 0 Å². The molecule has 1 aliphatic rings. The van der Waals surface area contributed by atoms with Gasteiger partial charge in [-0.3, -0.25) is 9.97 Å². The summed E-state index contributed by atoms with van der Waals surface area (Å²) < 4.78 is 123. The van der Waals surface area contributed by atoms with Crippen LogP contribution in [0.2, 0.25) is 0 Å². The van der Waals surface area contributed by atoms with Gasteiger partial charge < -0.3 is 11.5 Å². The van der Waals surface area contributed by atoms with Crippen molar-refractivity contribution in [2.24, 2.45) is 5.92 Å². The van der Waals surface area contributed by atoms with E-state index in [0.29, 0.717) is 36.2 Å². The Hall–Kier alpha value is -5.89. The predicted octanol–water partition coefficient (Wildman–Crippen LogP) is 7.68. The highest BCUT2D eigenvalue weighted by Crippen LogP contribution is 2.34. The largest absolute Gasteiger partial charge is 0.404 e. The van der Waals surface area contributed by atoms with Gasteiger partial charge in [-0.05, 0) is 80.1 Å². The van der Waals surface area contributed by atoms with E-state index >= 15 is 0 Å². The van der Waals surface area contributed by atoms with Crippen LogP contribution in [-0.2, 0) is 20.0 Å². The monoisotopic (exact) mass is 866 g/mol. The van der Waals surface area contributed by atoms with Crippen LogP contribution in [-0.4, -0.2) is 55.5 Å². The van der Waals surface area contributed by atoms with Crippen molar-refractivity contribution in [3.05, 3.63) is 121 Å². The third-order valence-corrected chi connectivity index (χ3v) is 12.7. The van der Waals surface area contributed by atoms with Gasteiger partial charge in [-0.2, -0.15) is 17.9 Å². The Morgan fingerprint density at radius 3 is 1.70 bits per heavy atom. The molecular weight excluding hydrogens is 828 g/mol. The summed E-state index contributed by atoms with van der Waals surface area (Å²) in [4.78, 5) is 15.6. The third kappa shape index (κ3) is 10.3. The first-order valence-electron chi connectivity index (χ1n) is 18.4. The first kappa shape index (κ1) is 43.7. The van der Waals surface area contributed by atoms with Gasteiger partial charge in [0.25, 0.3) is 0 Å². The van der Waals surface area contributed by atoms with E-state index in [4.69, 9.17) is 11.5 Å². The lowest BCUT2D eigenvalue weighted by Gasteiger charge is -2.25. The van der Waals surface area contributed by atoms with Crippen LogP contribution in [0, 0.1) is 24.5 Å². The van der Waals surface area contributed by atoms with E-state index < -0.39 is 48.8 Å². The zero-order chi connectivity index (χ0) is 43.4. The minimum Gasteiger partial charge on any atom is -0.382 e. The fourth-order valence-corrected chi connectivity index (χ4v) is 8.93. The molecule has 2 heterocycles. The van der Waals surface area contributed by atoms with Crippen LogP contribution in [0.3, 0.4) is 0 Å². The molecule has 1 atom stereocenters. The first-order valence-corrected chi connectivity index (χ1v) is 21.3. The number of anilines is 2. The smallest absolute Gasteiger partial charge is 0.382 e. The standard InChI is InChI=1S/C22H23FN4O2S.C19H16F4N4O2S/c1-14-5-8-21(30(28,29)27-11-15-3-2-4-15)18(9-14)16-6-7-17(19(23)10-16)20-12-26-22(24)13-25-20;1-11(19(21,22)23)27-30(28,29)17-5-3-2-4-13(17)12-6-7-14(15(20)8-12)16-9-26-18(24)10-25-16/h5-10,12-13,15,27H,2-4,11H2,1H3,(H2,24,26);2-11,27H,1H3,(H2,24,26). The van der Waals surface area contributed by atoms with Gasteiger partial charge in [-0.15, -0.1) is 0 Å². The number of sulfonamides is 2. The van der Waals surface area contributed by atoms with Crippen LogP contribution < -0.4 is 20.9 Å². The minimum atomic E-state index is -4.75. The Balaban J connectivity index is 0.000000201. The molecule has 4 aromatic carbocycles. The summed E-state index contributed by atoms with van der Waals surface area (Å²) in [6, 6.07) is 16.7. The van der Waals surface area contributed by atoms with Gasteiger partial charge in [-0.25, -0.2) is 40.3 Å². The molecule has 0 spiro atoms. The second kappa shape index (κ2) is 17.8. The maximum atomic E-state index is 14.9. The lowest BCUT2D eigenvalue weighted by atomic mass is 9.86. The van der Waals surface area contributed by atoms with Crippen LogP contribution in [0.1, 0.15) is 31.7 Å². The maximum Gasteiger partial charge on any atom is 0.404 e. The number of aryl methyl sites for hydroxylation is 1. The molecule has 1 aliphatic carbocycles. The first-order chi connectivity index (χ1) is 28.3. The molecule has 12 nitrogen and oxygen atoms in total. The molecule has 0 saturated heterocycles. The van der Waals surface area contributed by atoms with Gasteiger partial charge in [0, 0.05) is 28.8 Å². The van der Waals surface area contributed by atoms with Gasteiger partial charge in [-0.1, -0.05) is 54.4 Å². The van der Waals surface area contributed by atoms with E-state index in [1.165, 1.54) is 61.2 Å². The number of nitrogens with one attached hydrogen (secondary N) is 2. The van der Waals surface area contributed by atoms with Crippen LogP contribution in [0.15, 0.2) is 113 Å². The Morgan fingerprint density at radius 1 is 0.683 bits per heavy atom. The van der Waals surface area contributed by atoms with Gasteiger partial charge >= 0.3 is 6.18 Å². The molecule has 60 heavy (non-hydrogen) atoms. The van der Waals surface area contributed by atoms with Gasteiger partial charge in [0.05, 0.1) is 46.0 Å². The molecule has 0 amide bonds. The Kier molecular flexibility index (Phi) is 12.9. The van der Waals surface area contributed by atoms with E-state index in [9.17, 15) is 38.8 Å². The summed E-state index contributed by atoms with van der Waals surface area (Å²) in [5.41, 5.74) is 14.0.